The third-order valence-corrected chi connectivity index (χ3v) is 2.94. The van der Waals surface area contributed by atoms with E-state index < -0.39 is 0 Å². The van der Waals surface area contributed by atoms with Crippen LogP contribution in [0.3, 0.4) is 0 Å². The number of hydrogen-bond acceptors (Lipinski definition) is 2. The average molecular weight is 206 g/mol. The van der Waals surface area contributed by atoms with E-state index in [9.17, 15) is 0 Å². The highest BCUT2D eigenvalue weighted by molar-refractivity contribution is 5.23. The van der Waals surface area contributed by atoms with E-state index in [-0.39, 0.29) is 0 Å². The molecule has 15 heavy (non-hydrogen) atoms. The van der Waals surface area contributed by atoms with Gasteiger partial charge in [-0.15, -0.1) is 0 Å². The normalized spacial score (nSPS) is 13.1. The van der Waals surface area contributed by atoms with Gasteiger partial charge in [0.2, 0.25) is 0 Å². The van der Waals surface area contributed by atoms with Crippen LogP contribution in [0.15, 0.2) is 24.3 Å². The largest absolute Gasteiger partial charge is 0.318 e. The summed E-state index contributed by atoms with van der Waals surface area (Å²) < 4.78 is 0. The molecule has 0 saturated heterocycles. The molecule has 0 radical (unpaired) electrons. The van der Waals surface area contributed by atoms with Crippen molar-refractivity contribution in [1.82, 2.24) is 10.2 Å². The molecule has 1 aromatic carbocycles. The predicted octanol–water partition coefficient (Wildman–Crippen LogP) is 2.21. The summed E-state index contributed by atoms with van der Waals surface area (Å²) in [4.78, 5) is 2.36. The molecule has 1 rings (SSSR count). The van der Waals surface area contributed by atoms with E-state index in [0.29, 0.717) is 6.04 Å². The number of aryl methyl sites for hydroxylation is 1. The zero-order valence-electron chi connectivity index (χ0n) is 10.2. The minimum atomic E-state index is 0.485. The molecule has 0 amide bonds. The van der Waals surface area contributed by atoms with Crippen LogP contribution in [0.1, 0.15) is 24.1 Å². The number of benzene rings is 1. The summed E-state index contributed by atoms with van der Waals surface area (Å²) in [5, 5.41) is 3.17. The zero-order chi connectivity index (χ0) is 11.3. The summed E-state index contributed by atoms with van der Waals surface area (Å²) >= 11 is 0. The predicted molar refractivity (Wildman–Crippen MR) is 66.2 cm³/mol. The fourth-order valence-corrected chi connectivity index (χ4v) is 1.58. The molecule has 0 bridgehead atoms. The van der Waals surface area contributed by atoms with E-state index in [2.05, 4.69) is 55.4 Å². The molecule has 0 aliphatic carbocycles. The Morgan fingerprint density at radius 3 is 2.40 bits per heavy atom. The molecule has 0 saturated carbocycles. The topological polar surface area (TPSA) is 15.3 Å². The maximum atomic E-state index is 3.17. The number of nitrogens with zero attached hydrogens (tertiary/aromatic N) is 1. The smallest absolute Gasteiger partial charge is 0.0317 e. The molecule has 0 heterocycles. The molecule has 0 aliphatic heterocycles. The molecule has 1 atom stereocenters. The first-order valence-electron chi connectivity index (χ1n) is 5.56. The van der Waals surface area contributed by atoms with E-state index >= 15 is 0 Å². The van der Waals surface area contributed by atoms with Gasteiger partial charge in [-0.3, -0.25) is 4.90 Å². The number of rotatable bonds is 5. The van der Waals surface area contributed by atoms with Gasteiger partial charge in [-0.1, -0.05) is 29.8 Å². The van der Waals surface area contributed by atoms with Crippen molar-refractivity contribution in [3.63, 3.8) is 0 Å². The van der Waals surface area contributed by atoms with Crippen molar-refractivity contribution in [3.05, 3.63) is 35.4 Å². The van der Waals surface area contributed by atoms with Crippen LogP contribution in [0.2, 0.25) is 0 Å². The van der Waals surface area contributed by atoms with E-state index in [1.165, 1.54) is 11.1 Å². The molecule has 0 fully saturated rings. The van der Waals surface area contributed by atoms with Gasteiger partial charge in [0.15, 0.2) is 0 Å². The van der Waals surface area contributed by atoms with Crippen LogP contribution in [-0.4, -0.2) is 32.1 Å². The van der Waals surface area contributed by atoms with Crippen molar-refractivity contribution >= 4 is 0 Å². The molecular formula is C13H22N2. The van der Waals surface area contributed by atoms with Gasteiger partial charge < -0.3 is 5.32 Å². The van der Waals surface area contributed by atoms with Crippen molar-refractivity contribution in [1.29, 1.82) is 0 Å². The fraction of sp³-hybridized carbons (Fsp3) is 0.538. The van der Waals surface area contributed by atoms with Crippen molar-refractivity contribution in [2.75, 3.05) is 27.2 Å². The summed E-state index contributed by atoms with van der Waals surface area (Å²) in [6.07, 6.45) is 0. The second-order valence-electron chi connectivity index (χ2n) is 4.17. The third kappa shape index (κ3) is 3.65. The van der Waals surface area contributed by atoms with Crippen LogP contribution in [0.4, 0.5) is 0 Å². The van der Waals surface area contributed by atoms with E-state index in [1.54, 1.807) is 0 Å². The molecule has 1 aromatic rings. The molecule has 0 aromatic heterocycles. The van der Waals surface area contributed by atoms with E-state index in [0.717, 1.165) is 13.1 Å². The molecule has 1 N–H and O–H groups in total. The van der Waals surface area contributed by atoms with Gasteiger partial charge in [0.25, 0.3) is 0 Å². The van der Waals surface area contributed by atoms with Crippen molar-refractivity contribution in [3.8, 4) is 0 Å². The summed E-state index contributed by atoms with van der Waals surface area (Å²) in [6, 6.07) is 9.28. The lowest BCUT2D eigenvalue weighted by Gasteiger charge is -2.25. The van der Waals surface area contributed by atoms with Crippen molar-refractivity contribution in [2.24, 2.45) is 0 Å². The highest BCUT2D eigenvalue weighted by Crippen LogP contribution is 2.18. The van der Waals surface area contributed by atoms with Crippen molar-refractivity contribution in [2.45, 2.75) is 19.9 Å². The molecule has 84 valence electrons. The van der Waals surface area contributed by atoms with Crippen LogP contribution in [0.5, 0.6) is 0 Å². The second-order valence-corrected chi connectivity index (χ2v) is 4.17. The lowest BCUT2D eigenvalue weighted by molar-refractivity contribution is 0.263. The Morgan fingerprint density at radius 2 is 1.87 bits per heavy atom. The van der Waals surface area contributed by atoms with E-state index in [1.807, 2.05) is 7.05 Å². The van der Waals surface area contributed by atoms with E-state index in [4.69, 9.17) is 0 Å². The first kappa shape index (κ1) is 12.2. The van der Waals surface area contributed by atoms with Crippen LogP contribution in [0.25, 0.3) is 0 Å². The second kappa shape index (κ2) is 5.89. The average Bonchev–Trinajstić information content (AvgIpc) is 2.26. The Bertz CT molecular complexity index is 279. The monoisotopic (exact) mass is 206 g/mol. The fourth-order valence-electron chi connectivity index (χ4n) is 1.58. The van der Waals surface area contributed by atoms with Gasteiger partial charge in [-0.2, -0.15) is 0 Å². The highest BCUT2D eigenvalue weighted by atomic mass is 15.1. The summed E-state index contributed by atoms with van der Waals surface area (Å²) in [5.41, 5.74) is 2.71. The van der Waals surface area contributed by atoms with Gasteiger partial charge in [-0.05, 0) is 33.5 Å². The minimum absolute atomic E-state index is 0.485. The number of nitrogens with one attached hydrogen (secondary N) is 1. The SMILES string of the molecule is CNCCN(C)C(C)c1ccc(C)cc1. The molecule has 0 spiro atoms. The maximum absolute atomic E-state index is 3.17. The zero-order valence-corrected chi connectivity index (χ0v) is 10.2. The Morgan fingerprint density at radius 1 is 1.27 bits per heavy atom. The van der Waals surface area contributed by atoms with Crippen LogP contribution < -0.4 is 5.32 Å². The Hall–Kier alpha value is -0.860. The Balaban J connectivity index is 2.59. The summed E-state index contributed by atoms with van der Waals surface area (Å²) in [5.74, 6) is 0. The lowest BCUT2D eigenvalue weighted by Crippen LogP contribution is -2.29. The van der Waals surface area contributed by atoms with Crippen LogP contribution in [0, 0.1) is 6.92 Å². The van der Waals surface area contributed by atoms with Crippen LogP contribution >= 0.6 is 0 Å². The number of hydrogen-bond donors (Lipinski definition) is 1. The molecule has 1 unspecified atom stereocenters. The third-order valence-electron chi connectivity index (χ3n) is 2.94. The first-order valence-corrected chi connectivity index (χ1v) is 5.56. The summed E-state index contributed by atoms with van der Waals surface area (Å²) in [7, 11) is 4.16. The highest BCUT2D eigenvalue weighted by Gasteiger charge is 2.10. The van der Waals surface area contributed by atoms with Gasteiger partial charge in [0.1, 0.15) is 0 Å². The lowest BCUT2D eigenvalue weighted by atomic mass is 10.1. The van der Waals surface area contributed by atoms with Crippen LogP contribution in [-0.2, 0) is 0 Å². The molecule has 2 nitrogen and oxygen atoms in total. The van der Waals surface area contributed by atoms with Gasteiger partial charge >= 0.3 is 0 Å². The minimum Gasteiger partial charge on any atom is -0.318 e. The maximum Gasteiger partial charge on any atom is 0.0317 e. The quantitative estimate of drug-likeness (QED) is 0.794. The standard InChI is InChI=1S/C13H22N2/c1-11-5-7-13(8-6-11)12(2)15(4)10-9-14-3/h5-8,12,14H,9-10H2,1-4H3. The molecule has 2 heteroatoms. The van der Waals surface area contributed by atoms with Crippen molar-refractivity contribution < 1.29 is 0 Å². The Labute approximate surface area is 93.3 Å². The Kier molecular flexibility index (Phi) is 4.79. The molecular weight excluding hydrogens is 184 g/mol. The molecule has 0 aliphatic rings. The number of likely N-dealkylation sites (N-methyl/N-ethyl adjacent to an activating group) is 2. The van der Waals surface area contributed by atoms with Gasteiger partial charge in [0, 0.05) is 19.1 Å². The summed E-state index contributed by atoms with van der Waals surface area (Å²) in [6.45, 7) is 6.48. The first-order chi connectivity index (χ1) is 7.15. The van der Waals surface area contributed by atoms with Gasteiger partial charge in [-0.25, -0.2) is 0 Å². The van der Waals surface area contributed by atoms with Gasteiger partial charge in [0.05, 0.1) is 0 Å².